The average Bonchev–Trinajstić information content (AvgIpc) is 2.62. The molecular formula is C11H18O. The van der Waals surface area contributed by atoms with Crippen molar-refractivity contribution >= 4 is 0 Å². The Hall–Kier alpha value is -0.0400. The second-order valence-electron chi connectivity index (χ2n) is 5.15. The first-order chi connectivity index (χ1) is 5.77. The summed E-state index contributed by atoms with van der Waals surface area (Å²) in [5, 5.41) is 0. The highest BCUT2D eigenvalue weighted by molar-refractivity contribution is 5.03. The van der Waals surface area contributed by atoms with Gasteiger partial charge >= 0.3 is 0 Å². The average molecular weight is 166 g/mol. The third kappa shape index (κ3) is 0.736. The van der Waals surface area contributed by atoms with Crippen LogP contribution in [-0.4, -0.2) is 12.7 Å². The maximum absolute atomic E-state index is 5.75. The van der Waals surface area contributed by atoms with Crippen LogP contribution >= 0.6 is 0 Å². The van der Waals surface area contributed by atoms with Gasteiger partial charge in [0.15, 0.2) is 0 Å². The van der Waals surface area contributed by atoms with Crippen molar-refractivity contribution in [1.29, 1.82) is 0 Å². The van der Waals surface area contributed by atoms with Gasteiger partial charge in [0.1, 0.15) is 0 Å². The van der Waals surface area contributed by atoms with E-state index < -0.39 is 0 Å². The first kappa shape index (κ1) is 7.37. The SMILES string of the molecule is CC1CC2CC1C1COC(C)C21. The Kier molecular flexibility index (Phi) is 1.39. The summed E-state index contributed by atoms with van der Waals surface area (Å²) in [6.45, 7) is 5.78. The largest absolute Gasteiger partial charge is 0.378 e. The number of hydrogen-bond acceptors (Lipinski definition) is 1. The van der Waals surface area contributed by atoms with Gasteiger partial charge in [0, 0.05) is 0 Å². The molecule has 0 radical (unpaired) electrons. The van der Waals surface area contributed by atoms with E-state index in [0.29, 0.717) is 6.10 Å². The van der Waals surface area contributed by atoms with Crippen LogP contribution in [0.15, 0.2) is 0 Å². The molecule has 3 fully saturated rings. The zero-order valence-corrected chi connectivity index (χ0v) is 7.99. The van der Waals surface area contributed by atoms with Crippen LogP contribution in [0.3, 0.4) is 0 Å². The Labute approximate surface area is 74.5 Å². The van der Waals surface area contributed by atoms with Crippen molar-refractivity contribution in [2.24, 2.45) is 29.6 Å². The Morgan fingerprint density at radius 3 is 2.75 bits per heavy atom. The lowest BCUT2D eigenvalue weighted by atomic mass is 9.74. The normalized spacial score (nSPS) is 62.5. The molecule has 3 rings (SSSR count). The second-order valence-corrected chi connectivity index (χ2v) is 5.15. The van der Waals surface area contributed by atoms with Crippen molar-refractivity contribution in [3.63, 3.8) is 0 Å². The van der Waals surface area contributed by atoms with E-state index >= 15 is 0 Å². The highest BCUT2D eigenvalue weighted by Crippen LogP contribution is 2.58. The fourth-order valence-corrected chi connectivity index (χ4v) is 4.22. The molecular weight excluding hydrogens is 148 g/mol. The van der Waals surface area contributed by atoms with Gasteiger partial charge in [0.25, 0.3) is 0 Å². The molecule has 6 atom stereocenters. The highest BCUT2D eigenvalue weighted by atomic mass is 16.5. The first-order valence-electron chi connectivity index (χ1n) is 5.39. The van der Waals surface area contributed by atoms with Gasteiger partial charge < -0.3 is 4.74 Å². The van der Waals surface area contributed by atoms with Crippen molar-refractivity contribution in [3.05, 3.63) is 0 Å². The molecule has 0 aromatic carbocycles. The molecule has 0 amide bonds. The summed E-state index contributed by atoms with van der Waals surface area (Å²) in [6.07, 6.45) is 3.57. The summed E-state index contributed by atoms with van der Waals surface area (Å²) in [4.78, 5) is 0. The molecule has 0 spiro atoms. The number of hydrogen-bond donors (Lipinski definition) is 0. The lowest BCUT2D eigenvalue weighted by Gasteiger charge is -2.29. The van der Waals surface area contributed by atoms with Crippen LogP contribution < -0.4 is 0 Å². The minimum absolute atomic E-state index is 0.567. The van der Waals surface area contributed by atoms with E-state index in [4.69, 9.17) is 4.74 Å². The topological polar surface area (TPSA) is 9.23 Å². The summed E-state index contributed by atoms with van der Waals surface area (Å²) in [5.41, 5.74) is 0. The van der Waals surface area contributed by atoms with Crippen LogP contribution in [-0.2, 0) is 4.74 Å². The van der Waals surface area contributed by atoms with E-state index in [1.54, 1.807) is 0 Å². The Morgan fingerprint density at radius 2 is 1.92 bits per heavy atom. The molecule has 3 aliphatic rings. The fourth-order valence-electron chi connectivity index (χ4n) is 4.22. The minimum Gasteiger partial charge on any atom is -0.378 e. The van der Waals surface area contributed by atoms with Gasteiger partial charge in [-0.25, -0.2) is 0 Å². The molecule has 1 aliphatic heterocycles. The molecule has 68 valence electrons. The van der Waals surface area contributed by atoms with Gasteiger partial charge in [0.05, 0.1) is 12.7 Å². The Balaban J connectivity index is 1.89. The van der Waals surface area contributed by atoms with E-state index in [9.17, 15) is 0 Å². The van der Waals surface area contributed by atoms with Crippen molar-refractivity contribution in [2.45, 2.75) is 32.8 Å². The van der Waals surface area contributed by atoms with E-state index in [1.807, 2.05) is 0 Å². The zero-order chi connectivity index (χ0) is 8.29. The van der Waals surface area contributed by atoms with Gasteiger partial charge in [-0.15, -0.1) is 0 Å². The molecule has 2 saturated carbocycles. The van der Waals surface area contributed by atoms with Gasteiger partial charge in [-0.2, -0.15) is 0 Å². The molecule has 2 aliphatic carbocycles. The highest BCUT2D eigenvalue weighted by Gasteiger charge is 2.55. The first-order valence-corrected chi connectivity index (χ1v) is 5.39. The van der Waals surface area contributed by atoms with Crippen molar-refractivity contribution in [3.8, 4) is 0 Å². The Morgan fingerprint density at radius 1 is 1.08 bits per heavy atom. The monoisotopic (exact) mass is 166 g/mol. The predicted molar refractivity (Wildman–Crippen MR) is 47.8 cm³/mol. The third-order valence-electron chi connectivity index (χ3n) is 4.66. The van der Waals surface area contributed by atoms with Crippen LogP contribution in [0, 0.1) is 29.6 Å². The summed E-state index contributed by atoms with van der Waals surface area (Å²) in [7, 11) is 0. The molecule has 1 nitrogen and oxygen atoms in total. The molecule has 0 N–H and O–H groups in total. The van der Waals surface area contributed by atoms with Crippen LogP contribution in [0.4, 0.5) is 0 Å². The summed E-state index contributed by atoms with van der Waals surface area (Å²) in [5.74, 6) is 4.91. The summed E-state index contributed by atoms with van der Waals surface area (Å²) >= 11 is 0. The zero-order valence-electron chi connectivity index (χ0n) is 7.99. The quantitative estimate of drug-likeness (QED) is 0.536. The van der Waals surface area contributed by atoms with Crippen molar-refractivity contribution in [1.82, 2.24) is 0 Å². The van der Waals surface area contributed by atoms with Crippen LogP contribution in [0.1, 0.15) is 26.7 Å². The van der Waals surface area contributed by atoms with E-state index in [2.05, 4.69) is 13.8 Å². The van der Waals surface area contributed by atoms with Crippen LogP contribution in [0.5, 0.6) is 0 Å². The Bertz CT molecular complexity index is 201. The molecule has 2 bridgehead atoms. The summed E-state index contributed by atoms with van der Waals surface area (Å²) < 4.78 is 5.75. The maximum Gasteiger partial charge on any atom is 0.0581 e. The molecule has 6 unspecified atom stereocenters. The van der Waals surface area contributed by atoms with Gasteiger partial charge in [-0.05, 0) is 49.4 Å². The third-order valence-corrected chi connectivity index (χ3v) is 4.66. The maximum atomic E-state index is 5.75. The number of ether oxygens (including phenoxy) is 1. The lowest BCUT2D eigenvalue weighted by Crippen LogP contribution is -2.28. The van der Waals surface area contributed by atoms with Crippen molar-refractivity contribution < 1.29 is 4.74 Å². The predicted octanol–water partition coefficient (Wildman–Crippen LogP) is 2.31. The molecule has 12 heavy (non-hydrogen) atoms. The molecule has 1 heterocycles. The standard InChI is InChI=1S/C11H18O/c1-6-3-8-4-9(6)10-5-12-7(2)11(8)10/h6-11H,3-5H2,1-2H3. The molecule has 0 aromatic rings. The van der Waals surface area contributed by atoms with Gasteiger partial charge in [0.2, 0.25) is 0 Å². The smallest absolute Gasteiger partial charge is 0.0581 e. The molecule has 0 aromatic heterocycles. The van der Waals surface area contributed by atoms with Gasteiger partial charge in [-0.3, -0.25) is 0 Å². The molecule has 1 heteroatoms. The lowest BCUT2D eigenvalue weighted by molar-refractivity contribution is 0.0892. The van der Waals surface area contributed by atoms with E-state index in [0.717, 1.165) is 36.2 Å². The summed E-state index contributed by atoms with van der Waals surface area (Å²) in [6, 6.07) is 0. The van der Waals surface area contributed by atoms with Crippen LogP contribution in [0.25, 0.3) is 0 Å². The number of fused-ring (bicyclic) bond motifs is 5. The van der Waals surface area contributed by atoms with Crippen molar-refractivity contribution in [2.75, 3.05) is 6.61 Å². The number of rotatable bonds is 0. The molecule has 1 saturated heterocycles. The van der Waals surface area contributed by atoms with Crippen LogP contribution in [0.2, 0.25) is 0 Å². The van der Waals surface area contributed by atoms with Gasteiger partial charge in [-0.1, -0.05) is 6.92 Å². The minimum atomic E-state index is 0.567. The second kappa shape index (κ2) is 2.25. The van der Waals surface area contributed by atoms with E-state index in [1.165, 1.54) is 12.8 Å². The fraction of sp³-hybridized carbons (Fsp3) is 1.00. The van der Waals surface area contributed by atoms with E-state index in [-0.39, 0.29) is 0 Å².